The largest absolute Gasteiger partial charge is 0.388 e. The van der Waals surface area contributed by atoms with Gasteiger partial charge in [0, 0.05) is 35.4 Å². The minimum Gasteiger partial charge on any atom is -0.388 e. The predicted octanol–water partition coefficient (Wildman–Crippen LogP) is 7.24. The fourth-order valence-electron chi connectivity index (χ4n) is 3.69. The third-order valence-corrected chi connectivity index (χ3v) is 5.81. The molecule has 0 spiro atoms. The lowest BCUT2D eigenvalue weighted by Crippen LogP contribution is -2.30. The van der Waals surface area contributed by atoms with Crippen LogP contribution in [-0.4, -0.2) is 13.6 Å². The number of halogens is 1. The predicted molar refractivity (Wildman–Crippen MR) is 122 cm³/mol. The van der Waals surface area contributed by atoms with E-state index in [9.17, 15) is 0 Å². The van der Waals surface area contributed by atoms with E-state index in [1.807, 2.05) is 13.1 Å². The first-order chi connectivity index (χ1) is 12.8. The Balaban J connectivity index is 2.30. The maximum atomic E-state index is 6.68. The molecule has 3 heteroatoms. The van der Waals surface area contributed by atoms with Gasteiger partial charge in [-0.3, -0.25) is 0 Å². The molecule has 0 fully saturated rings. The van der Waals surface area contributed by atoms with Gasteiger partial charge >= 0.3 is 0 Å². The molecule has 0 heterocycles. The van der Waals surface area contributed by atoms with Crippen LogP contribution in [0.1, 0.15) is 70.1 Å². The van der Waals surface area contributed by atoms with Crippen molar-refractivity contribution in [3.8, 4) is 0 Å². The molecule has 2 aromatic carbocycles. The highest BCUT2D eigenvalue weighted by atomic mass is 35.5. The fourth-order valence-corrected chi connectivity index (χ4v) is 4.13. The molecule has 2 N–H and O–H groups in total. The van der Waals surface area contributed by atoms with E-state index in [0.29, 0.717) is 5.92 Å². The second kappa shape index (κ2) is 9.50. The summed E-state index contributed by atoms with van der Waals surface area (Å²) >= 11 is 6.68. The van der Waals surface area contributed by atoms with Crippen molar-refractivity contribution in [1.82, 2.24) is 0 Å². The van der Waals surface area contributed by atoms with Gasteiger partial charge in [0.05, 0.1) is 0 Å². The van der Waals surface area contributed by atoms with E-state index in [1.165, 1.54) is 22.4 Å². The lowest BCUT2D eigenvalue weighted by atomic mass is 9.78. The van der Waals surface area contributed by atoms with E-state index in [4.69, 9.17) is 11.6 Å². The Morgan fingerprint density at radius 2 is 1.85 bits per heavy atom. The summed E-state index contributed by atoms with van der Waals surface area (Å²) in [6.45, 7) is 12.2. The molecule has 0 saturated carbocycles. The summed E-state index contributed by atoms with van der Waals surface area (Å²) in [5.74, 6) is 0.503. The molecule has 2 aromatic rings. The van der Waals surface area contributed by atoms with E-state index >= 15 is 0 Å². The number of hydrogen-bond acceptors (Lipinski definition) is 2. The van der Waals surface area contributed by atoms with Crippen molar-refractivity contribution < 1.29 is 0 Å². The van der Waals surface area contributed by atoms with Crippen LogP contribution >= 0.6 is 11.6 Å². The van der Waals surface area contributed by atoms with Gasteiger partial charge in [0.1, 0.15) is 0 Å². The molecule has 148 valence electrons. The number of aryl methyl sites for hydroxylation is 1. The van der Waals surface area contributed by atoms with Crippen molar-refractivity contribution in [3.63, 3.8) is 0 Å². The van der Waals surface area contributed by atoms with Gasteiger partial charge in [0.15, 0.2) is 0 Å². The summed E-state index contributed by atoms with van der Waals surface area (Å²) in [5.41, 5.74) is 6.33. The fraction of sp³-hybridized carbons (Fsp3) is 0.500. The maximum absolute atomic E-state index is 6.68. The van der Waals surface area contributed by atoms with E-state index in [2.05, 4.69) is 75.6 Å². The quantitative estimate of drug-likeness (QED) is 0.474. The van der Waals surface area contributed by atoms with Gasteiger partial charge < -0.3 is 10.6 Å². The van der Waals surface area contributed by atoms with Crippen LogP contribution in [0.15, 0.2) is 36.4 Å². The smallest absolute Gasteiger partial charge is 0.0446 e. The first-order valence-electron chi connectivity index (χ1n) is 10.2. The number of nitrogens with one attached hydrogen (secondary N) is 2. The van der Waals surface area contributed by atoms with Crippen LogP contribution in [0.5, 0.6) is 0 Å². The molecular weight excluding hydrogens is 352 g/mol. The molecule has 0 radical (unpaired) electrons. The van der Waals surface area contributed by atoms with Gasteiger partial charge in [-0.2, -0.15) is 0 Å². The Morgan fingerprint density at radius 1 is 1.11 bits per heavy atom. The van der Waals surface area contributed by atoms with Crippen LogP contribution in [-0.2, 0) is 11.8 Å². The summed E-state index contributed by atoms with van der Waals surface area (Å²) in [4.78, 5) is 0. The molecule has 0 amide bonds. The molecule has 1 unspecified atom stereocenters. The highest BCUT2D eigenvalue weighted by Gasteiger charge is 2.27. The van der Waals surface area contributed by atoms with Gasteiger partial charge in [0.25, 0.3) is 0 Å². The van der Waals surface area contributed by atoms with Crippen LogP contribution in [0.3, 0.4) is 0 Å². The first-order valence-corrected chi connectivity index (χ1v) is 10.5. The Labute approximate surface area is 170 Å². The maximum Gasteiger partial charge on any atom is 0.0446 e. The van der Waals surface area contributed by atoms with Crippen LogP contribution in [0.4, 0.5) is 11.4 Å². The molecule has 1 atom stereocenters. The van der Waals surface area contributed by atoms with Crippen LogP contribution < -0.4 is 10.6 Å². The standard InChI is InChI=1S/C24H35ClN2/c1-7-10-18-15-19(26-6)13-14-22(18)27-16-24(4,5)23-20(17(3)8-2)11-9-12-21(23)25/h9,11-15,17,26-27H,7-8,10,16H2,1-6H3. The Hall–Kier alpha value is -1.67. The normalized spacial score (nSPS) is 12.7. The van der Waals surface area contributed by atoms with Crippen molar-refractivity contribution in [3.05, 3.63) is 58.1 Å². The summed E-state index contributed by atoms with van der Waals surface area (Å²) in [7, 11) is 1.97. The number of hydrogen-bond donors (Lipinski definition) is 2. The molecular formula is C24H35ClN2. The minimum absolute atomic E-state index is 0.0672. The lowest BCUT2D eigenvalue weighted by Gasteiger charge is -2.32. The van der Waals surface area contributed by atoms with Crippen molar-refractivity contribution in [2.75, 3.05) is 24.2 Å². The number of rotatable bonds is 9. The summed E-state index contributed by atoms with van der Waals surface area (Å²) in [5, 5.41) is 7.83. The SMILES string of the molecule is CCCc1cc(NC)ccc1NCC(C)(C)c1c(Cl)cccc1C(C)CC. The lowest BCUT2D eigenvalue weighted by molar-refractivity contribution is 0.542. The zero-order valence-electron chi connectivity index (χ0n) is 17.7. The van der Waals surface area contributed by atoms with Crippen molar-refractivity contribution in [1.29, 1.82) is 0 Å². The Bertz CT molecular complexity index is 752. The monoisotopic (exact) mass is 386 g/mol. The third-order valence-electron chi connectivity index (χ3n) is 5.50. The minimum atomic E-state index is -0.0672. The van der Waals surface area contributed by atoms with Gasteiger partial charge in [-0.05, 0) is 59.7 Å². The molecule has 0 aromatic heterocycles. The number of benzene rings is 2. The molecule has 0 aliphatic carbocycles. The topological polar surface area (TPSA) is 24.1 Å². The summed E-state index contributed by atoms with van der Waals surface area (Å²) in [6.07, 6.45) is 3.32. The first kappa shape index (κ1) is 21.6. The van der Waals surface area contributed by atoms with E-state index < -0.39 is 0 Å². The molecule has 27 heavy (non-hydrogen) atoms. The molecule has 0 bridgehead atoms. The van der Waals surface area contributed by atoms with Gasteiger partial charge in [-0.25, -0.2) is 0 Å². The average molecular weight is 387 g/mol. The van der Waals surface area contributed by atoms with Gasteiger partial charge in [0.2, 0.25) is 0 Å². The molecule has 2 nitrogen and oxygen atoms in total. The number of anilines is 2. The molecule has 0 aliphatic heterocycles. The molecule has 0 saturated heterocycles. The highest BCUT2D eigenvalue weighted by Crippen LogP contribution is 2.37. The van der Waals surface area contributed by atoms with Crippen LogP contribution in [0, 0.1) is 0 Å². The van der Waals surface area contributed by atoms with Gasteiger partial charge in [-0.1, -0.05) is 64.8 Å². The second-order valence-electron chi connectivity index (χ2n) is 8.12. The van der Waals surface area contributed by atoms with E-state index in [1.54, 1.807) is 0 Å². The van der Waals surface area contributed by atoms with Crippen LogP contribution in [0.2, 0.25) is 5.02 Å². The zero-order valence-corrected chi connectivity index (χ0v) is 18.5. The van der Waals surface area contributed by atoms with Crippen molar-refractivity contribution in [2.45, 2.75) is 65.2 Å². The highest BCUT2D eigenvalue weighted by molar-refractivity contribution is 6.31. The van der Waals surface area contributed by atoms with Crippen molar-refractivity contribution >= 4 is 23.0 Å². The Kier molecular flexibility index (Phi) is 7.61. The average Bonchev–Trinajstić information content (AvgIpc) is 2.66. The van der Waals surface area contributed by atoms with Gasteiger partial charge in [-0.15, -0.1) is 0 Å². The van der Waals surface area contributed by atoms with E-state index in [0.717, 1.165) is 36.5 Å². The van der Waals surface area contributed by atoms with Crippen LogP contribution in [0.25, 0.3) is 0 Å². The Morgan fingerprint density at radius 3 is 2.48 bits per heavy atom. The summed E-state index contributed by atoms with van der Waals surface area (Å²) < 4.78 is 0. The molecule has 0 aliphatic rings. The van der Waals surface area contributed by atoms with Crippen molar-refractivity contribution in [2.24, 2.45) is 0 Å². The zero-order chi connectivity index (χ0) is 20.0. The second-order valence-corrected chi connectivity index (χ2v) is 8.53. The third kappa shape index (κ3) is 5.19. The van der Waals surface area contributed by atoms with E-state index in [-0.39, 0.29) is 5.41 Å². The summed E-state index contributed by atoms with van der Waals surface area (Å²) in [6, 6.07) is 12.9. The molecule has 2 rings (SSSR count).